The van der Waals surface area contributed by atoms with Crippen LogP contribution in [0.3, 0.4) is 0 Å². The predicted octanol–water partition coefficient (Wildman–Crippen LogP) is 3.37. The van der Waals surface area contributed by atoms with Crippen molar-refractivity contribution in [1.29, 1.82) is 0 Å². The third-order valence-electron chi connectivity index (χ3n) is 4.28. The van der Waals surface area contributed by atoms with Crippen LogP contribution in [0.25, 0.3) is 11.1 Å². The van der Waals surface area contributed by atoms with E-state index in [0.717, 1.165) is 37.1 Å². The molecule has 1 aliphatic rings. The van der Waals surface area contributed by atoms with Crippen LogP contribution >= 0.6 is 24.8 Å². The Labute approximate surface area is 167 Å². The van der Waals surface area contributed by atoms with Gasteiger partial charge >= 0.3 is 0 Å². The highest BCUT2D eigenvalue weighted by molar-refractivity contribution is 7.90. The minimum absolute atomic E-state index is 0. The number of hydrogen-bond acceptors (Lipinski definition) is 5. The summed E-state index contributed by atoms with van der Waals surface area (Å²) in [5.74, 6) is 1.22. The Balaban J connectivity index is 0.00000169. The first-order valence-electron chi connectivity index (χ1n) is 8.12. The van der Waals surface area contributed by atoms with Crippen LogP contribution in [0, 0.1) is 5.92 Å². The lowest BCUT2D eigenvalue weighted by Gasteiger charge is -2.22. The summed E-state index contributed by atoms with van der Waals surface area (Å²) in [6.45, 7) is 2.82. The number of rotatable bonds is 5. The van der Waals surface area contributed by atoms with Gasteiger partial charge in [-0.1, -0.05) is 12.1 Å². The molecule has 0 amide bonds. The van der Waals surface area contributed by atoms with Crippen molar-refractivity contribution < 1.29 is 13.2 Å². The summed E-state index contributed by atoms with van der Waals surface area (Å²) in [6.07, 6.45) is 5.25. The topological polar surface area (TPSA) is 68.3 Å². The van der Waals surface area contributed by atoms with Gasteiger partial charge in [-0.3, -0.25) is 0 Å². The van der Waals surface area contributed by atoms with Crippen LogP contribution in [0.15, 0.2) is 47.5 Å². The summed E-state index contributed by atoms with van der Waals surface area (Å²) < 4.78 is 28.8. The van der Waals surface area contributed by atoms with Gasteiger partial charge in [-0.15, -0.1) is 24.8 Å². The maximum atomic E-state index is 11.5. The number of hydrogen-bond donors (Lipinski definition) is 1. The predicted molar refractivity (Wildman–Crippen MR) is 108 cm³/mol. The van der Waals surface area contributed by atoms with Gasteiger partial charge < -0.3 is 10.1 Å². The number of sulfone groups is 1. The summed E-state index contributed by atoms with van der Waals surface area (Å²) in [7, 11) is -3.17. The molecular weight excluding hydrogens is 395 g/mol. The highest BCUT2D eigenvalue weighted by atomic mass is 35.5. The number of pyridine rings is 1. The van der Waals surface area contributed by atoms with Gasteiger partial charge in [0.2, 0.25) is 5.88 Å². The molecule has 26 heavy (non-hydrogen) atoms. The molecule has 0 spiro atoms. The van der Waals surface area contributed by atoms with Gasteiger partial charge in [0.05, 0.1) is 11.5 Å². The lowest BCUT2D eigenvalue weighted by molar-refractivity contribution is 0.209. The molecule has 1 fully saturated rings. The molecule has 0 radical (unpaired) electrons. The zero-order valence-electron chi connectivity index (χ0n) is 14.6. The van der Waals surface area contributed by atoms with Gasteiger partial charge in [0, 0.05) is 24.1 Å². The van der Waals surface area contributed by atoms with Gasteiger partial charge in [-0.2, -0.15) is 0 Å². The van der Waals surface area contributed by atoms with Crippen molar-refractivity contribution in [3.8, 4) is 17.0 Å². The number of ether oxygens (including phenoxy) is 1. The first-order chi connectivity index (χ1) is 11.5. The molecule has 1 saturated heterocycles. The Hall–Kier alpha value is -1.34. The fraction of sp³-hybridized carbons (Fsp3) is 0.389. The summed E-state index contributed by atoms with van der Waals surface area (Å²) in [5.41, 5.74) is 1.86. The van der Waals surface area contributed by atoms with E-state index in [2.05, 4.69) is 10.3 Å². The van der Waals surface area contributed by atoms with Crippen LogP contribution in [-0.2, 0) is 9.84 Å². The number of halogens is 2. The largest absolute Gasteiger partial charge is 0.477 e. The van der Waals surface area contributed by atoms with Crippen molar-refractivity contribution in [2.45, 2.75) is 17.7 Å². The van der Waals surface area contributed by atoms with Crippen molar-refractivity contribution in [2.24, 2.45) is 5.92 Å². The molecule has 0 atom stereocenters. The van der Waals surface area contributed by atoms with E-state index in [9.17, 15) is 8.42 Å². The zero-order chi connectivity index (χ0) is 17.0. The summed E-state index contributed by atoms with van der Waals surface area (Å²) in [6, 6.07) is 10.6. The van der Waals surface area contributed by atoms with Gasteiger partial charge in [0.1, 0.15) is 0 Å². The van der Waals surface area contributed by atoms with Gasteiger partial charge in [0.25, 0.3) is 0 Å². The van der Waals surface area contributed by atoms with E-state index in [1.807, 2.05) is 12.1 Å². The molecule has 3 rings (SSSR count). The Morgan fingerprint density at radius 3 is 2.19 bits per heavy atom. The second-order valence-corrected chi connectivity index (χ2v) is 8.20. The van der Waals surface area contributed by atoms with Crippen molar-refractivity contribution in [1.82, 2.24) is 10.3 Å². The van der Waals surface area contributed by atoms with E-state index in [-0.39, 0.29) is 24.8 Å². The number of nitrogens with one attached hydrogen (secondary N) is 1. The Morgan fingerprint density at radius 2 is 1.65 bits per heavy atom. The number of piperidine rings is 1. The number of benzene rings is 1. The molecule has 2 aromatic rings. The number of nitrogens with zero attached hydrogens (tertiary/aromatic N) is 1. The van der Waals surface area contributed by atoms with E-state index < -0.39 is 9.84 Å². The van der Waals surface area contributed by atoms with E-state index in [4.69, 9.17) is 4.74 Å². The molecule has 0 aliphatic carbocycles. The summed E-state index contributed by atoms with van der Waals surface area (Å²) >= 11 is 0. The average molecular weight is 419 g/mol. The molecule has 0 saturated carbocycles. The second kappa shape index (κ2) is 10.1. The lowest BCUT2D eigenvalue weighted by atomic mass is 9.99. The van der Waals surface area contributed by atoms with Gasteiger partial charge in [-0.05, 0) is 55.6 Å². The molecule has 1 N–H and O–H groups in total. The van der Waals surface area contributed by atoms with Crippen LogP contribution in [-0.4, -0.2) is 39.4 Å². The van der Waals surface area contributed by atoms with Crippen molar-refractivity contribution >= 4 is 34.7 Å². The van der Waals surface area contributed by atoms with Crippen molar-refractivity contribution in [2.75, 3.05) is 26.0 Å². The standard InChI is InChI=1S/C18H22N2O3S.2ClH/c1-24(21,22)17-5-2-15(3-6-17)16-4-7-18(20-12-16)23-13-14-8-10-19-11-9-14;;/h2-7,12,14,19H,8-11,13H2,1H3;2*1H. The molecule has 0 unspecified atom stereocenters. The summed E-state index contributed by atoms with van der Waals surface area (Å²) in [5, 5.41) is 3.34. The van der Waals surface area contributed by atoms with Gasteiger partial charge in [-0.25, -0.2) is 13.4 Å². The average Bonchev–Trinajstić information content (AvgIpc) is 2.61. The van der Waals surface area contributed by atoms with Crippen LogP contribution < -0.4 is 10.1 Å². The maximum absolute atomic E-state index is 11.5. The molecule has 8 heteroatoms. The number of aromatic nitrogens is 1. The molecule has 1 aromatic carbocycles. The zero-order valence-corrected chi connectivity index (χ0v) is 17.0. The Morgan fingerprint density at radius 1 is 1.04 bits per heavy atom. The highest BCUT2D eigenvalue weighted by Crippen LogP contribution is 2.22. The first kappa shape index (κ1) is 22.7. The van der Waals surface area contributed by atoms with Crippen LogP contribution in [0.1, 0.15) is 12.8 Å². The van der Waals surface area contributed by atoms with Crippen LogP contribution in [0.2, 0.25) is 0 Å². The monoisotopic (exact) mass is 418 g/mol. The summed E-state index contributed by atoms with van der Waals surface area (Å²) in [4.78, 5) is 4.68. The van der Waals surface area contributed by atoms with Gasteiger partial charge in [0.15, 0.2) is 9.84 Å². The Bertz CT molecular complexity index is 775. The van der Waals surface area contributed by atoms with Crippen LogP contribution in [0.4, 0.5) is 0 Å². The lowest BCUT2D eigenvalue weighted by Crippen LogP contribution is -2.30. The Kier molecular flexibility index (Phi) is 8.83. The van der Waals surface area contributed by atoms with Crippen LogP contribution in [0.5, 0.6) is 5.88 Å². The molecule has 0 bridgehead atoms. The molecule has 2 heterocycles. The third-order valence-corrected chi connectivity index (χ3v) is 5.41. The molecule has 5 nitrogen and oxygen atoms in total. The second-order valence-electron chi connectivity index (χ2n) is 6.19. The van der Waals surface area contributed by atoms with E-state index in [0.29, 0.717) is 23.3 Å². The highest BCUT2D eigenvalue weighted by Gasteiger charge is 2.14. The normalized spacial score (nSPS) is 14.8. The fourth-order valence-electron chi connectivity index (χ4n) is 2.78. The maximum Gasteiger partial charge on any atom is 0.213 e. The minimum Gasteiger partial charge on any atom is -0.477 e. The quantitative estimate of drug-likeness (QED) is 0.805. The fourth-order valence-corrected chi connectivity index (χ4v) is 3.41. The van der Waals surface area contributed by atoms with Crippen molar-refractivity contribution in [3.63, 3.8) is 0 Å². The van der Waals surface area contributed by atoms with E-state index in [1.54, 1.807) is 30.5 Å². The third kappa shape index (κ3) is 6.13. The van der Waals surface area contributed by atoms with E-state index in [1.165, 1.54) is 6.26 Å². The molecule has 1 aliphatic heterocycles. The molecule has 144 valence electrons. The first-order valence-corrected chi connectivity index (χ1v) is 10.0. The smallest absolute Gasteiger partial charge is 0.213 e. The minimum atomic E-state index is -3.17. The molecular formula is C18H24Cl2N2O3S. The SMILES string of the molecule is CS(=O)(=O)c1ccc(-c2ccc(OCC3CCNCC3)nc2)cc1.Cl.Cl. The van der Waals surface area contributed by atoms with E-state index >= 15 is 0 Å². The van der Waals surface area contributed by atoms with Crippen molar-refractivity contribution in [3.05, 3.63) is 42.6 Å². The molecule has 1 aromatic heterocycles.